The average molecular weight is 332 g/mol. The van der Waals surface area contributed by atoms with Crippen LogP contribution in [-0.2, 0) is 5.41 Å². The van der Waals surface area contributed by atoms with Crippen LogP contribution in [0.5, 0.6) is 5.75 Å². The lowest BCUT2D eigenvalue weighted by Crippen LogP contribution is -2.50. The van der Waals surface area contributed by atoms with E-state index in [1.807, 2.05) is 32.9 Å². The van der Waals surface area contributed by atoms with Crippen molar-refractivity contribution in [1.29, 1.82) is 0 Å². The number of benzene rings is 1. The normalized spacial score (nSPS) is 17.8. The summed E-state index contributed by atoms with van der Waals surface area (Å²) in [6.45, 7) is 16.2. The van der Waals surface area contributed by atoms with Crippen LogP contribution >= 0.6 is 0 Å². The summed E-state index contributed by atoms with van der Waals surface area (Å²) in [4.78, 5) is 15.4. The summed E-state index contributed by atoms with van der Waals surface area (Å²) in [6.07, 6.45) is 0.0477. The van der Waals surface area contributed by atoms with E-state index in [1.54, 1.807) is 0 Å². The maximum absolute atomic E-state index is 13.2. The van der Waals surface area contributed by atoms with Gasteiger partial charge in [0, 0.05) is 26.2 Å². The highest BCUT2D eigenvalue weighted by Crippen LogP contribution is 2.30. The molecular weight excluding hydrogens is 300 g/mol. The van der Waals surface area contributed by atoms with Crippen LogP contribution in [0.25, 0.3) is 0 Å². The predicted octanol–water partition coefficient (Wildman–Crippen LogP) is 3.25. The number of carbonyl (C=O) groups is 1. The molecule has 4 heteroatoms. The van der Waals surface area contributed by atoms with Crippen LogP contribution in [0.4, 0.5) is 0 Å². The number of nitrogens with one attached hydrogen (secondary N) is 1. The van der Waals surface area contributed by atoms with Crippen LogP contribution in [0, 0.1) is 0 Å². The molecule has 2 rings (SSSR count). The summed E-state index contributed by atoms with van der Waals surface area (Å²) in [6, 6.07) is 5.93. The first-order valence-electron chi connectivity index (χ1n) is 9.00. The van der Waals surface area contributed by atoms with Gasteiger partial charge < -0.3 is 10.1 Å². The number of hydrogen-bond acceptors (Lipinski definition) is 4. The summed E-state index contributed by atoms with van der Waals surface area (Å²) in [5, 5.41) is 3.34. The minimum absolute atomic E-state index is 0.00364. The monoisotopic (exact) mass is 332 g/mol. The van der Waals surface area contributed by atoms with E-state index in [9.17, 15) is 4.79 Å². The topological polar surface area (TPSA) is 41.6 Å². The highest BCUT2D eigenvalue weighted by molar-refractivity contribution is 6.02. The standard InChI is InChI=1S/C20H32N2O2/c1-14(2)24-18-8-7-16(20(4,5)6)13-17(18)19(23)15(3)22-11-9-21-10-12-22/h7-8,13-15,21H,9-12H2,1-6H3. The molecule has 1 atom stereocenters. The summed E-state index contributed by atoms with van der Waals surface area (Å²) in [5.41, 5.74) is 1.88. The van der Waals surface area contributed by atoms with Crippen molar-refractivity contribution < 1.29 is 9.53 Å². The van der Waals surface area contributed by atoms with Gasteiger partial charge in [0.1, 0.15) is 5.75 Å². The molecule has 24 heavy (non-hydrogen) atoms. The van der Waals surface area contributed by atoms with Gasteiger partial charge in [0.15, 0.2) is 5.78 Å². The largest absolute Gasteiger partial charge is 0.490 e. The third-order valence-corrected chi connectivity index (χ3v) is 4.55. The van der Waals surface area contributed by atoms with Crippen molar-refractivity contribution in [2.24, 2.45) is 0 Å². The van der Waals surface area contributed by atoms with Crippen LogP contribution < -0.4 is 10.1 Å². The Morgan fingerprint density at radius 3 is 2.33 bits per heavy atom. The maximum atomic E-state index is 13.2. The van der Waals surface area contributed by atoms with Gasteiger partial charge in [-0.3, -0.25) is 9.69 Å². The molecule has 1 aliphatic rings. The zero-order chi connectivity index (χ0) is 17.9. The predicted molar refractivity (Wildman–Crippen MR) is 99.1 cm³/mol. The highest BCUT2D eigenvalue weighted by Gasteiger charge is 2.27. The van der Waals surface area contributed by atoms with E-state index in [4.69, 9.17) is 4.74 Å². The zero-order valence-electron chi connectivity index (χ0n) is 16.0. The summed E-state index contributed by atoms with van der Waals surface area (Å²) in [5.74, 6) is 0.851. The molecule has 4 nitrogen and oxygen atoms in total. The van der Waals surface area contributed by atoms with Crippen molar-refractivity contribution in [1.82, 2.24) is 10.2 Å². The van der Waals surface area contributed by atoms with Gasteiger partial charge in [-0.25, -0.2) is 0 Å². The van der Waals surface area contributed by atoms with Gasteiger partial charge in [-0.2, -0.15) is 0 Å². The van der Waals surface area contributed by atoms with Crippen molar-refractivity contribution in [2.45, 2.75) is 59.1 Å². The fourth-order valence-electron chi connectivity index (χ4n) is 3.01. The Balaban J connectivity index is 2.34. The number of nitrogens with zero attached hydrogens (tertiary/aromatic N) is 1. The Kier molecular flexibility index (Phi) is 6.05. The van der Waals surface area contributed by atoms with Crippen molar-refractivity contribution in [3.63, 3.8) is 0 Å². The second-order valence-corrected chi connectivity index (χ2v) is 7.95. The van der Waals surface area contributed by atoms with Gasteiger partial charge in [-0.05, 0) is 43.9 Å². The Labute approximate surface area is 146 Å². The van der Waals surface area contributed by atoms with Gasteiger partial charge in [0.05, 0.1) is 17.7 Å². The fourth-order valence-corrected chi connectivity index (χ4v) is 3.01. The number of hydrogen-bond donors (Lipinski definition) is 1. The molecule has 1 aliphatic heterocycles. The Bertz CT molecular complexity index is 569. The molecule has 1 heterocycles. The molecule has 0 amide bonds. The van der Waals surface area contributed by atoms with E-state index in [0.29, 0.717) is 11.3 Å². The van der Waals surface area contributed by atoms with E-state index in [0.717, 1.165) is 31.7 Å². The Morgan fingerprint density at radius 2 is 1.79 bits per heavy atom. The van der Waals surface area contributed by atoms with Crippen molar-refractivity contribution in [3.05, 3.63) is 29.3 Å². The molecule has 0 bridgehead atoms. The van der Waals surface area contributed by atoms with Gasteiger partial charge >= 0.3 is 0 Å². The zero-order valence-corrected chi connectivity index (χ0v) is 16.0. The van der Waals surface area contributed by atoms with Crippen molar-refractivity contribution >= 4 is 5.78 Å². The lowest BCUT2D eigenvalue weighted by Gasteiger charge is -2.32. The smallest absolute Gasteiger partial charge is 0.183 e. The van der Waals surface area contributed by atoms with E-state index in [1.165, 1.54) is 0 Å². The first-order valence-corrected chi connectivity index (χ1v) is 9.00. The average Bonchev–Trinajstić information content (AvgIpc) is 2.53. The molecule has 0 saturated carbocycles. The minimum atomic E-state index is -0.128. The molecule has 1 unspecified atom stereocenters. The number of ether oxygens (including phenoxy) is 1. The molecular formula is C20H32N2O2. The fraction of sp³-hybridized carbons (Fsp3) is 0.650. The van der Waals surface area contributed by atoms with Crippen LogP contribution in [0.3, 0.4) is 0 Å². The van der Waals surface area contributed by atoms with E-state index in [-0.39, 0.29) is 23.3 Å². The molecule has 0 aliphatic carbocycles. The highest BCUT2D eigenvalue weighted by atomic mass is 16.5. The van der Waals surface area contributed by atoms with Crippen LogP contribution in [0.2, 0.25) is 0 Å². The maximum Gasteiger partial charge on any atom is 0.183 e. The van der Waals surface area contributed by atoms with E-state index < -0.39 is 0 Å². The summed E-state index contributed by atoms with van der Waals surface area (Å²) >= 11 is 0. The second kappa shape index (κ2) is 7.66. The molecule has 0 radical (unpaired) electrons. The Hall–Kier alpha value is -1.39. The molecule has 0 aromatic heterocycles. The third kappa shape index (κ3) is 4.58. The van der Waals surface area contributed by atoms with Crippen molar-refractivity contribution in [2.75, 3.05) is 26.2 Å². The first kappa shape index (κ1) is 18.9. The number of rotatable bonds is 5. The molecule has 0 spiro atoms. The molecule has 1 aromatic carbocycles. The van der Waals surface area contributed by atoms with Gasteiger partial charge in [0.2, 0.25) is 0 Å². The lowest BCUT2D eigenvalue weighted by molar-refractivity contribution is 0.0814. The van der Waals surface area contributed by atoms with E-state index in [2.05, 4.69) is 37.1 Å². The van der Waals surface area contributed by atoms with Crippen LogP contribution in [0.1, 0.15) is 57.5 Å². The SMILES string of the molecule is CC(C)Oc1ccc(C(C)(C)C)cc1C(=O)C(C)N1CCNCC1. The van der Waals surface area contributed by atoms with Gasteiger partial charge in [-0.15, -0.1) is 0 Å². The molecule has 1 fully saturated rings. The van der Waals surface area contributed by atoms with Crippen molar-refractivity contribution in [3.8, 4) is 5.75 Å². The quantitative estimate of drug-likeness (QED) is 0.841. The van der Waals surface area contributed by atoms with Gasteiger partial charge in [-0.1, -0.05) is 26.8 Å². The van der Waals surface area contributed by atoms with Crippen LogP contribution in [0.15, 0.2) is 18.2 Å². The second-order valence-electron chi connectivity index (χ2n) is 7.95. The lowest BCUT2D eigenvalue weighted by atomic mass is 9.85. The molecule has 1 saturated heterocycles. The molecule has 1 N–H and O–H groups in total. The number of piperazine rings is 1. The molecule has 134 valence electrons. The number of carbonyl (C=O) groups excluding carboxylic acids is 1. The summed E-state index contributed by atoms with van der Waals surface area (Å²) < 4.78 is 5.92. The first-order chi connectivity index (χ1) is 11.2. The minimum Gasteiger partial charge on any atom is -0.490 e. The number of ketones is 1. The van der Waals surface area contributed by atoms with E-state index >= 15 is 0 Å². The third-order valence-electron chi connectivity index (χ3n) is 4.55. The van der Waals surface area contributed by atoms with Gasteiger partial charge in [0.25, 0.3) is 0 Å². The number of Topliss-reactive ketones (excluding diaryl/α,β-unsaturated/α-hetero) is 1. The molecule has 1 aromatic rings. The Morgan fingerprint density at radius 1 is 1.17 bits per heavy atom. The van der Waals surface area contributed by atoms with Crippen LogP contribution in [-0.4, -0.2) is 49.0 Å². The summed E-state index contributed by atoms with van der Waals surface area (Å²) in [7, 11) is 0.